The molecule has 1 unspecified atom stereocenters. The number of carbonyl (C=O) groups excluding carboxylic acids is 2. The van der Waals surface area contributed by atoms with E-state index in [0.717, 1.165) is 0 Å². The average molecular weight is 442 g/mol. The van der Waals surface area contributed by atoms with Gasteiger partial charge in [-0.3, -0.25) is 14.7 Å². The number of hydrogen-bond donors (Lipinski definition) is 1. The number of hydrogen-bond acceptors (Lipinski definition) is 8. The van der Waals surface area contributed by atoms with Crippen LogP contribution in [0.4, 0.5) is 14.9 Å². The number of halogens is 1. The summed E-state index contributed by atoms with van der Waals surface area (Å²) in [7, 11) is 0. The number of amides is 1. The quantitative estimate of drug-likeness (QED) is 0.547. The number of quaternary nitrogens is 1. The van der Waals surface area contributed by atoms with Gasteiger partial charge in [0.2, 0.25) is 5.89 Å². The van der Waals surface area contributed by atoms with Gasteiger partial charge in [-0.05, 0) is 24.3 Å². The molecule has 1 aliphatic heterocycles. The number of pyridine rings is 1. The van der Waals surface area contributed by atoms with Crippen LogP contribution >= 0.6 is 0 Å². The van der Waals surface area contributed by atoms with E-state index in [-0.39, 0.29) is 25.5 Å². The molecule has 0 aliphatic carbocycles. The molecule has 0 saturated carbocycles. The summed E-state index contributed by atoms with van der Waals surface area (Å²) in [5.74, 6) is -0.224. The summed E-state index contributed by atoms with van der Waals surface area (Å²) >= 11 is 0. The lowest BCUT2D eigenvalue weighted by Crippen LogP contribution is -2.51. The van der Waals surface area contributed by atoms with Crippen molar-refractivity contribution in [2.75, 3.05) is 24.6 Å². The SMILES string of the molecule is Cc1nnc(-c2ccc(-c3ccc(N4CC(COC(=O)CC[NH3+])OC4=O)cc3F)cn2)o1. The molecule has 0 bridgehead atoms. The number of aromatic nitrogens is 3. The zero-order valence-corrected chi connectivity index (χ0v) is 17.3. The van der Waals surface area contributed by atoms with E-state index >= 15 is 0 Å². The molecular weight excluding hydrogens is 421 g/mol. The van der Waals surface area contributed by atoms with E-state index in [9.17, 15) is 14.0 Å². The molecule has 1 amide bonds. The van der Waals surface area contributed by atoms with Crippen LogP contribution in [0.25, 0.3) is 22.7 Å². The lowest BCUT2D eigenvalue weighted by molar-refractivity contribution is -0.366. The van der Waals surface area contributed by atoms with E-state index in [4.69, 9.17) is 13.9 Å². The Hall–Kier alpha value is -3.86. The highest BCUT2D eigenvalue weighted by Gasteiger charge is 2.33. The summed E-state index contributed by atoms with van der Waals surface area (Å²) in [6, 6.07) is 7.79. The summed E-state index contributed by atoms with van der Waals surface area (Å²) < 4.78 is 30.5. The molecule has 10 nitrogen and oxygen atoms in total. The number of aryl methyl sites for hydroxylation is 1. The molecule has 0 radical (unpaired) electrons. The Balaban J connectivity index is 1.45. The van der Waals surface area contributed by atoms with E-state index in [0.29, 0.717) is 34.9 Å². The summed E-state index contributed by atoms with van der Waals surface area (Å²) in [4.78, 5) is 29.2. The monoisotopic (exact) mass is 442 g/mol. The zero-order valence-electron chi connectivity index (χ0n) is 17.3. The number of cyclic esters (lactones) is 1. The van der Waals surface area contributed by atoms with Crippen molar-refractivity contribution in [3.8, 4) is 22.7 Å². The van der Waals surface area contributed by atoms with Gasteiger partial charge < -0.3 is 19.6 Å². The first-order valence-electron chi connectivity index (χ1n) is 9.94. The van der Waals surface area contributed by atoms with E-state index in [1.807, 2.05) is 0 Å². The van der Waals surface area contributed by atoms with Gasteiger partial charge in [0, 0.05) is 24.2 Å². The summed E-state index contributed by atoms with van der Waals surface area (Å²) in [5, 5.41) is 7.66. The van der Waals surface area contributed by atoms with Crippen LogP contribution in [0.3, 0.4) is 0 Å². The van der Waals surface area contributed by atoms with Crippen LogP contribution < -0.4 is 10.6 Å². The lowest BCUT2D eigenvalue weighted by Gasteiger charge is -2.14. The first-order valence-corrected chi connectivity index (χ1v) is 9.94. The van der Waals surface area contributed by atoms with Crippen LogP contribution in [0.5, 0.6) is 0 Å². The molecule has 3 aromatic rings. The first kappa shape index (κ1) is 21.4. The molecule has 1 atom stereocenters. The van der Waals surface area contributed by atoms with Gasteiger partial charge >= 0.3 is 12.1 Å². The predicted octanol–water partition coefficient (Wildman–Crippen LogP) is 1.75. The lowest BCUT2D eigenvalue weighted by atomic mass is 10.1. The number of benzene rings is 1. The summed E-state index contributed by atoms with van der Waals surface area (Å²) in [6.07, 6.45) is 0.453. The van der Waals surface area contributed by atoms with Gasteiger partial charge in [0.15, 0.2) is 6.10 Å². The Morgan fingerprint density at radius 2 is 2.16 bits per heavy atom. The van der Waals surface area contributed by atoms with Gasteiger partial charge in [-0.15, -0.1) is 10.2 Å². The van der Waals surface area contributed by atoms with Crippen LogP contribution in [-0.2, 0) is 14.3 Å². The molecule has 3 N–H and O–H groups in total. The highest BCUT2D eigenvalue weighted by atomic mass is 19.1. The second-order valence-corrected chi connectivity index (χ2v) is 7.13. The fraction of sp³-hybridized carbons (Fsp3) is 0.286. The van der Waals surface area contributed by atoms with Crippen molar-refractivity contribution in [3.05, 3.63) is 48.2 Å². The Morgan fingerprint density at radius 1 is 1.31 bits per heavy atom. The molecule has 166 valence electrons. The van der Waals surface area contributed by atoms with Crippen molar-refractivity contribution in [1.82, 2.24) is 15.2 Å². The maximum absolute atomic E-state index is 14.9. The first-order chi connectivity index (χ1) is 15.4. The van der Waals surface area contributed by atoms with E-state index in [2.05, 4.69) is 20.9 Å². The van der Waals surface area contributed by atoms with E-state index < -0.39 is 24.0 Å². The number of anilines is 1. The number of nitrogens with zero attached hydrogens (tertiary/aromatic N) is 4. The summed E-state index contributed by atoms with van der Waals surface area (Å²) in [6.45, 7) is 2.20. The Kier molecular flexibility index (Phi) is 6.08. The number of carbonyl (C=O) groups is 2. The topological polar surface area (TPSA) is 135 Å². The second-order valence-electron chi connectivity index (χ2n) is 7.13. The molecule has 1 aliphatic rings. The van der Waals surface area contributed by atoms with E-state index in [1.165, 1.54) is 17.2 Å². The standard InChI is InChI=1S/C21H20FN5O5/c1-12-25-26-20(31-12)18-5-2-13(9-24-18)16-4-3-14(8-17(16)22)27-10-15(32-21(27)29)11-30-19(28)6-7-23/h2-5,8-9,15H,6-7,10-11,23H2,1H3/p+1. The van der Waals surface area contributed by atoms with Crippen molar-refractivity contribution >= 4 is 17.7 Å². The molecule has 1 fully saturated rings. The number of esters is 1. The summed E-state index contributed by atoms with van der Waals surface area (Å²) in [5.41, 5.74) is 5.27. The molecule has 3 heterocycles. The Bertz CT molecular complexity index is 1130. The fourth-order valence-corrected chi connectivity index (χ4v) is 3.21. The van der Waals surface area contributed by atoms with Gasteiger partial charge in [-0.2, -0.15) is 0 Å². The predicted molar refractivity (Wildman–Crippen MR) is 109 cm³/mol. The van der Waals surface area contributed by atoms with Crippen LogP contribution in [0.2, 0.25) is 0 Å². The maximum Gasteiger partial charge on any atom is 0.414 e. The largest absolute Gasteiger partial charge is 0.461 e. The third-order valence-corrected chi connectivity index (χ3v) is 4.77. The van der Waals surface area contributed by atoms with E-state index in [1.54, 1.807) is 31.2 Å². The van der Waals surface area contributed by atoms with Crippen molar-refractivity contribution < 1.29 is 33.6 Å². The van der Waals surface area contributed by atoms with Crippen molar-refractivity contribution in [1.29, 1.82) is 0 Å². The normalized spacial score (nSPS) is 15.7. The Morgan fingerprint density at radius 3 is 2.81 bits per heavy atom. The molecular formula is C21H21FN5O5+. The Labute approximate surface area is 182 Å². The van der Waals surface area contributed by atoms with Gasteiger partial charge in [0.25, 0.3) is 5.89 Å². The molecule has 2 aromatic heterocycles. The third kappa shape index (κ3) is 4.57. The van der Waals surface area contributed by atoms with Crippen molar-refractivity contribution in [2.24, 2.45) is 0 Å². The molecule has 1 aromatic carbocycles. The van der Waals surface area contributed by atoms with Gasteiger partial charge in [0.1, 0.15) is 18.1 Å². The molecule has 32 heavy (non-hydrogen) atoms. The molecule has 1 saturated heterocycles. The van der Waals surface area contributed by atoms with Gasteiger partial charge in [-0.25, -0.2) is 9.18 Å². The second kappa shape index (κ2) is 9.10. The van der Waals surface area contributed by atoms with Crippen LogP contribution in [0.1, 0.15) is 12.3 Å². The minimum atomic E-state index is -0.628. The number of ether oxygens (including phenoxy) is 2. The van der Waals surface area contributed by atoms with Crippen molar-refractivity contribution in [3.63, 3.8) is 0 Å². The smallest absolute Gasteiger partial charge is 0.414 e. The van der Waals surface area contributed by atoms with Crippen LogP contribution in [0.15, 0.2) is 40.9 Å². The minimum absolute atomic E-state index is 0.0563. The third-order valence-electron chi connectivity index (χ3n) is 4.77. The maximum atomic E-state index is 14.9. The van der Waals surface area contributed by atoms with Gasteiger partial charge in [0.05, 0.1) is 25.2 Å². The average Bonchev–Trinajstić information content (AvgIpc) is 3.38. The zero-order chi connectivity index (χ0) is 22.7. The fourth-order valence-electron chi connectivity index (χ4n) is 3.21. The van der Waals surface area contributed by atoms with Crippen molar-refractivity contribution in [2.45, 2.75) is 19.4 Å². The molecule has 4 rings (SSSR count). The van der Waals surface area contributed by atoms with Crippen LogP contribution in [-0.4, -0.2) is 53.0 Å². The highest BCUT2D eigenvalue weighted by molar-refractivity contribution is 5.90. The highest BCUT2D eigenvalue weighted by Crippen LogP contribution is 2.29. The van der Waals surface area contributed by atoms with Crippen LogP contribution in [0, 0.1) is 12.7 Å². The molecule has 11 heteroatoms. The number of rotatable bonds is 7. The molecule has 0 spiro atoms. The minimum Gasteiger partial charge on any atom is -0.461 e. The van der Waals surface area contributed by atoms with Gasteiger partial charge in [-0.1, -0.05) is 6.07 Å².